The molecule has 0 unspecified atom stereocenters. The number of alkyl halides is 6. The highest BCUT2D eigenvalue weighted by Crippen LogP contribution is 2.39. The van der Waals surface area contributed by atoms with Crippen molar-refractivity contribution >= 4 is 22.9 Å². The highest BCUT2D eigenvalue weighted by molar-refractivity contribution is 7.15. The van der Waals surface area contributed by atoms with Gasteiger partial charge in [-0.05, 0) is 30.3 Å². The van der Waals surface area contributed by atoms with E-state index >= 15 is 0 Å². The van der Waals surface area contributed by atoms with Crippen LogP contribution in [-0.2, 0) is 12.4 Å². The summed E-state index contributed by atoms with van der Waals surface area (Å²) in [5.74, 6) is -4.09. The van der Waals surface area contributed by atoms with Crippen LogP contribution in [0.15, 0.2) is 42.5 Å². The number of hydrogen-bond donors (Lipinski definition) is 1. The number of aromatic nitrogens is 1. The van der Waals surface area contributed by atoms with Gasteiger partial charge in [0.1, 0.15) is 22.3 Å². The van der Waals surface area contributed by atoms with Crippen LogP contribution in [0.3, 0.4) is 0 Å². The van der Waals surface area contributed by atoms with Gasteiger partial charge < -0.3 is 10.1 Å². The van der Waals surface area contributed by atoms with Gasteiger partial charge in [0.15, 0.2) is 5.69 Å². The maximum absolute atomic E-state index is 13.7. The molecule has 0 saturated heterocycles. The highest BCUT2D eigenvalue weighted by atomic mass is 32.1. The Morgan fingerprint density at radius 2 is 1.68 bits per heavy atom. The zero-order chi connectivity index (χ0) is 23.0. The molecule has 31 heavy (non-hydrogen) atoms. The molecule has 0 saturated carbocycles. The molecule has 0 atom stereocenters. The summed E-state index contributed by atoms with van der Waals surface area (Å²) in [6.45, 7) is 0. The molecular weight excluding hydrogens is 460 g/mol. The molecular formula is C18H8F8N2O2S. The van der Waals surface area contributed by atoms with Crippen LogP contribution in [0, 0.1) is 11.6 Å². The molecule has 3 aromatic rings. The van der Waals surface area contributed by atoms with E-state index in [1.807, 2.05) is 5.32 Å². The number of halogens is 8. The first-order chi connectivity index (χ1) is 14.3. The van der Waals surface area contributed by atoms with Crippen LogP contribution in [0.1, 0.15) is 20.9 Å². The number of anilines is 1. The number of amides is 1. The van der Waals surface area contributed by atoms with Crippen molar-refractivity contribution < 1.29 is 44.7 Å². The molecule has 4 nitrogen and oxygen atoms in total. The van der Waals surface area contributed by atoms with E-state index in [4.69, 9.17) is 4.74 Å². The summed E-state index contributed by atoms with van der Waals surface area (Å²) in [5.41, 5.74) is -3.38. The van der Waals surface area contributed by atoms with Gasteiger partial charge in [-0.15, -0.1) is 0 Å². The highest BCUT2D eigenvalue weighted by Gasteiger charge is 2.40. The minimum Gasteiger partial charge on any atom is -0.431 e. The Labute approximate surface area is 172 Å². The molecule has 1 N–H and O–H groups in total. The van der Waals surface area contributed by atoms with E-state index in [1.54, 1.807) is 0 Å². The van der Waals surface area contributed by atoms with Crippen LogP contribution in [0.25, 0.3) is 0 Å². The van der Waals surface area contributed by atoms with Crippen molar-refractivity contribution in [1.29, 1.82) is 0 Å². The fraction of sp³-hybridized carbons (Fsp3) is 0.111. The molecule has 0 aliphatic heterocycles. The second kappa shape index (κ2) is 8.13. The van der Waals surface area contributed by atoms with Crippen LogP contribution in [0.4, 0.5) is 40.8 Å². The van der Waals surface area contributed by atoms with Crippen LogP contribution in [0.5, 0.6) is 10.9 Å². The van der Waals surface area contributed by atoms with E-state index < -0.39 is 62.7 Å². The van der Waals surface area contributed by atoms with E-state index in [-0.39, 0.29) is 11.3 Å². The lowest BCUT2D eigenvalue weighted by atomic mass is 10.2. The van der Waals surface area contributed by atoms with Crippen molar-refractivity contribution in [3.8, 4) is 10.9 Å². The number of nitrogens with one attached hydrogen (secondary N) is 1. The lowest BCUT2D eigenvalue weighted by Gasteiger charge is -2.08. The first-order valence-corrected chi connectivity index (χ1v) is 8.86. The third-order valence-electron chi connectivity index (χ3n) is 3.63. The lowest BCUT2D eigenvalue weighted by molar-refractivity contribution is -0.141. The number of hydrogen-bond acceptors (Lipinski definition) is 4. The van der Waals surface area contributed by atoms with Crippen molar-refractivity contribution in [2.45, 2.75) is 12.4 Å². The standard InChI is InChI=1S/C18H8F8N2O2S/c19-9-4-5-12(11(20)7-9)27-15(29)13-14(18(24,25)26)28-16(31-13)30-10-3-1-2-8(6-10)17(21,22)23/h1-7H,(H,27,29). The lowest BCUT2D eigenvalue weighted by Crippen LogP contribution is -2.17. The van der Waals surface area contributed by atoms with Crippen LogP contribution < -0.4 is 10.1 Å². The minimum absolute atomic E-state index is 0.0878. The number of benzene rings is 2. The van der Waals surface area contributed by atoms with Gasteiger partial charge in [-0.25, -0.2) is 8.78 Å². The number of carbonyl (C=O) groups is 1. The summed E-state index contributed by atoms with van der Waals surface area (Å²) < 4.78 is 110. The summed E-state index contributed by atoms with van der Waals surface area (Å²) in [6.07, 6.45) is -9.84. The number of rotatable bonds is 4. The Balaban J connectivity index is 1.92. The summed E-state index contributed by atoms with van der Waals surface area (Å²) >= 11 is 0.0878. The summed E-state index contributed by atoms with van der Waals surface area (Å²) in [4.78, 5) is 14.4. The predicted molar refractivity (Wildman–Crippen MR) is 92.9 cm³/mol. The molecule has 0 spiro atoms. The normalized spacial score (nSPS) is 12.0. The Morgan fingerprint density at radius 1 is 0.968 bits per heavy atom. The number of carbonyl (C=O) groups excluding carboxylic acids is 1. The fourth-order valence-corrected chi connectivity index (χ4v) is 3.15. The number of thiazole rings is 1. The van der Waals surface area contributed by atoms with Gasteiger partial charge >= 0.3 is 12.4 Å². The molecule has 1 aromatic heterocycles. The van der Waals surface area contributed by atoms with Crippen molar-refractivity contribution in [1.82, 2.24) is 4.98 Å². The van der Waals surface area contributed by atoms with Gasteiger partial charge in [-0.1, -0.05) is 17.4 Å². The topological polar surface area (TPSA) is 51.2 Å². The second-order valence-corrected chi connectivity index (χ2v) is 6.82. The van der Waals surface area contributed by atoms with Crippen molar-refractivity contribution in [2.24, 2.45) is 0 Å². The molecule has 0 fully saturated rings. The van der Waals surface area contributed by atoms with Crippen LogP contribution >= 0.6 is 11.3 Å². The van der Waals surface area contributed by atoms with Gasteiger partial charge in [-0.3, -0.25) is 4.79 Å². The second-order valence-electron chi connectivity index (χ2n) is 5.86. The Hall–Kier alpha value is -3.22. The van der Waals surface area contributed by atoms with Crippen molar-refractivity contribution in [2.75, 3.05) is 5.32 Å². The molecule has 2 aromatic carbocycles. The molecule has 1 heterocycles. The van der Waals surface area contributed by atoms with Crippen molar-refractivity contribution in [3.63, 3.8) is 0 Å². The van der Waals surface area contributed by atoms with Crippen LogP contribution in [-0.4, -0.2) is 10.9 Å². The quantitative estimate of drug-likeness (QED) is 0.445. The first kappa shape index (κ1) is 22.5. The average molecular weight is 468 g/mol. The van der Waals surface area contributed by atoms with E-state index in [0.29, 0.717) is 12.1 Å². The Bertz CT molecular complexity index is 1120. The third-order valence-corrected chi connectivity index (χ3v) is 4.56. The van der Waals surface area contributed by atoms with E-state index in [1.165, 1.54) is 0 Å². The average Bonchev–Trinajstić information content (AvgIpc) is 3.08. The van der Waals surface area contributed by atoms with Crippen LogP contribution in [0.2, 0.25) is 0 Å². The molecule has 0 bridgehead atoms. The Morgan fingerprint density at radius 3 is 2.29 bits per heavy atom. The number of ether oxygens (including phenoxy) is 1. The van der Waals surface area contributed by atoms with Gasteiger partial charge in [0.05, 0.1) is 11.3 Å². The Kier molecular flexibility index (Phi) is 5.89. The summed E-state index contributed by atoms with van der Waals surface area (Å²) in [7, 11) is 0. The fourth-order valence-electron chi connectivity index (χ4n) is 2.30. The molecule has 0 aliphatic rings. The van der Waals surface area contributed by atoms with Gasteiger partial charge in [0.2, 0.25) is 0 Å². The van der Waals surface area contributed by atoms with Gasteiger partial charge in [-0.2, -0.15) is 31.3 Å². The molecule has 0 radical (unpaired) electrons. The van der Waals surface area contributed by atoms with E-state index in [9.17, 15) is 39.9 Å². The molecule has 3 rings (SSSR count). The van der Waals surface area contributed by atoms with E-state index in [2.05, 4.69) is 4.98 Å². The SMILES string of the molecule is O=C(Nc1ccc(F)cc1F)c1sc(Oc2cccc(C(F)(F)F)c2)nc1C(F)(F)F. The molecule has 164 valence electrons. The smallest absolute Gasteiger partial charge is 0.431 e. The third kappa shape index (κ3) is 5.29. The maximum Gasteiger partial charge on any atom is 0.435 e. The zero-order valence-electron chi connectivity index (χ0n) is 14.7. The predicted octanol–water partition coefficient (Wildman–Crippen LogP) is 6.50. The summed E-state index contributed by atoms with van der Waals surface area (Å²) in [5, 5.41) is 1.09. The first-order valence-electron chi connectivity index (χ1n) is 8.04. The van der Waals surface area contributed by atoms with Crippen molar-refractivity contribution in [3.05, 3.63) is 70.2 Å². The largest absolute Gasteiger partial charge is 0.435 e. The van der Waals surface area contributed by atoms with Gasteiger partial charge in [0.25, 0.3) is 11.1 Å². The minimum atomic E-state index is -5.13. The molecule has 1 amide bonds. The monoisotopic (exact) mass is 468 g/mol. The number of nitrogens with zero attached hydrogens (tertiary/aromatic N) is 1. The summed E-state index contributed by atoms with van der Waals surface area (Å²) in [6, 6.07) is 5.29. The maximum atomic E-state index is 13.7. The zero-order valence-corrected chi connectivity index (χ0v) is 15.6. The molecule has 13 heteroatoms. The molecule has 0 aliphatic carbocycles. The van der Waals surface area contributed by atoms with E-state index in [0.717, 1.165) is 30.3 Å². The van der Waals surface area contributed by atoms with Gasteiger partial charge in [0, 0.05) is 6.07 Å².